The van der Waals surface area contributed by atoms with Crippen molar-refractivity contribution < 1.29 is 9.90 Å². The summed E-state index contributed by atoms with van der Waals surface area (Å²) in [5.74, 6) is -0.626. The van der Waals surface area contributed by atoms with E-state index in [1.165, 1.54) is 6.07 Å². The first-order valence-corrected chi connectivity index (χ1v) is 6.32. The van der Waals surface area contributed by atoms with Crippen LogP contribution in [0.3, 0.4) is 0 Å². The lowest BCUT2D eigenvalue weighted by atomic mass is 10.2. The van der Waals surface area contributed by atoms with E-state index in [2.05, 4.69) is 15.3 Å². The molecule has 1 atom stereocenters. The molecule has 0 fully saturated rings. The summed E-state index contributed by atoms with van der Waals surface area (Å²) in [6.45, 7) is 3.86. The second kappa shape index (κ2) is 5.14. The molecule has 0 saturated heterocycles. The Hall–Kier alpha value is -1.95. The maximum atomic E-state index is 11.1. The molecule has 2 aromatic rings. The van der Waals surface area contributed by atoms with Gasteiger partial charge in [0, 0.05) is 17.3 Å². The molecule has 0 saturated carbocycles. The molecule has 0 aliphatic rings. The van der Waals surface area contributed by atoms with Crippen LogP contribution in [0.15, 0.2) is 23.7 Å². The average Bonchev–Trinajstić information content (AvgIpc) is 2.76. The van der Waals surface area contributed by atoms with Crippen LogP contribution in [0.4, 0.5) is 5.82 Å². The van der Waals surface area contributed by atoms with Crippen LogP contribution in [-0.2, 0) is 0 Å². The number of aryl methyl sites for hydroxylation is 1. The highest BCUT2D eigenvalue weighted by molar-refractivity contribution is 7.09. The van der Waals surface area contributed by atoms with E-state index in [1.807, 2.05) is 19.2 Å². The summed E-state index contributed by atoms with van der Waals surface area (Å²) in [5, 5.41) is 15.0. The predicted octanol–water partition coefficient (Wildman–Crippen LogP) is 2.72. The summed E-state index contributed by atoms with van der Waals surface area (Å²) in [6.07, 6.45) is 1.56. The van der Waals surface area contributed by atoms with Crippen molar-refractivity contribution in [1.82, 2.24) is 9.97 Å². The Bertz CT molecular complexity index is 568. The first kappa shape index (κ1) is 12.5. The van der Waals surface area contributed by atoms with Gasteiger partial charge in [0.1, 0.15) is 16.4 Å². The molecule has 0 bridgehead atoms. The molecule has 0 aliphatic heterocycles. The van der Waals surface area contributed by atoms with Crippen LogP contribution in [0.25, 0.3) is 0 Å². The number of aromatic nitrogens is 2. The number of carboxylic acid groups (broad SMARTS) is 1. The molecule has 0 spiro atoms. The van der Waals surface area contributed by atoms with Crippen molar-refractivity contribution in [3.05, 3.63) is 40.0 Å². The topological polar surface area (TPSA) is 75.1 Å². The second-order valence-corrected chi connectivity index (χ2v) is 4.79. The molecule has 2 N–H and O–H groups in total. The summed E-state index contributed by atoms with van der Waals surface area (Å²) in [6, 6.07) is 3.06. The molecular weight excluding hydrogens is 250 g/mol. The van der Waals surface area contributed by atoms with E-state index in [1.54, 1.807) is 23.6 Å². The van der Waals surface area contributed by atoms with Crippen LogP contribution >= 0.6 is 11.3 Å². The number of aromatic carboxylic acids is 1. The predicted molar refractivity (Wildman–Crippen MR) is 70.1 cm³/mol. The van der Waals surface area contributed by atoms with Gasteiger partial charge < -0.3 is 10.4 Å². The van der Waals surface area contributed by atoms with Crippen molar-refractivity contribution in [2.45, 2.75) is 19.9 Å². The maximum absolute atomic E-state index is 11.1. The third-order valence-electron chi connectivity index (χ3n) is 2.40. The van der Waals surface area contributed by atoms with Crippen molar-refractivity contribution in [3.63, 3.8) is 0 Å². The Morgan fingerprint density at radius 3 is 2.94 bits per heavy atom. The Morgan fingerprint density at radius 1 is 1.56 bits per heavy atom. The average molecular weight is 263 g/mol. The van der Waals surface area contributed by atoms with Crippen molar-refractivity contribution in [1.29, 1.82) is 0 Å². The molecule has 5 nitrogen and oxygen atoms in total. The zero-order chi connectivity index (χ0) is 13.1. The van der Waals surface area contributed by atoms with Crippen LogP contribution in [0, 0.1) is 6.92 Å². The number of carbonyl (C=O) groups is 1. The molecule has 0 radical (unpaired) electrons. The van der Waals surface area contributed by atoms with Crippen LogP contribution in [-0.4, -0.2) is 21.0 Å². The van der Waals surface area contributed by atoms with E-state index < -0.39 is 5.97 Å². The number of nitrogens with one attached hydrogen (secondary N) is 1. The van der Waals surface area contributed by atoms with E-state index >= 15 is 0 Å². The van der Waals surface area contributed by atoms with Crippen LogP contribution < -0.4 is 5.32 Å². The number of anilines is 1. The summed E-state index contributed by atoms with van der Waals surface area (Å²) in [7, 11) is 0. The highest BCUT2D eigenvalue weighted by Crippen LogP contribution is 2.23. The lowest BCUT2D eigenvalue weighted by Crippen LogP contribution is -2.12. The van der Waals surface area contributed by atoms with E-state index in [-0.39, 0.29) is 11.6 Å². The SMILES string of the molecule is Cc1csc(C(C)Nc2ncccc2C(=O)O)n1. The Kier molecular flexibility index (Phi) is 3.57. The molecule has 18 heavy (non-hydrogen) atoms. The van der Waals surface area contributed by atoms with Gasteiger partial charge in [0.15, 0.2) is 0 Å². The molecule has 94 valence electrons. The first-order valence-electron chi connectivity index (χ1n) is 5.45. The number of hydrogen-bond acceptors (Lipinski definition) is 5. The van der Waals surface area contributed by atoms with Crippen molar-refractivity contribution in [2.24, 2.45) is 0 Å². The van der Waals surface area contributed by atoms with Gasteiger partial charge in [0.05, 0.1) is 6.04 Å². The highest BCUT2D eigenvalue weighted by atomic mass is 32.1. The van der Waals surface area contributed by atoms with Gasteiger partial charge in [-0.15, -0.1) is 11.3 Å². The molecule has 1 unspecified atom stereocenters. The minimum absolute atomic E-state index is 0.0725. The minimum atomic E-state index is -0.992. The number of pyridine rings is 1. The van der Waals surface area contributed by atoms with E-state index in [0.29, 0.717) is 5.82 Å². The van der Waals surface area contributed by atoms with E-state index in [0.717, 1.165) is 10.7 Å². The second-order valence-electron chi connectivity index (χ2n) is 3.90. The Balaban J connectivity index is 2.21. The highest BCUT2D eigenvalue weighted by Gasteiger charge is 2.15. The van der Waals surface area contributed by atoms with Gasteiger partial charge in [-0.1, -0.05) is 0 Å². The molecule has 2 heterocycles. The third-order valence-corrected chi connectivity index (χ3v) is 3.54. The lowest BCUT2D eigenvalue weighted by molar-refractivity contribution is 0.0697. The van der Waals surface area contributed by atoms with Gasteiger partial charge in [0.2, 0.25) is 0 Å². The molecule has 6 heteroatoms. The van der Waals surface area contributed by atoms with Crippen molar-refractivity contribution in [3.8, 4) is 0 Å². The Labute approximate surface area is 109 Å². The van der Waals surface area contributed by atoms with Crippen molar-refractivity contribution >= 4 is 23.1 Å². The van der Waals surface area contributed by atoms with Crippen LogP contribution in [0.1, 0.15) is 34.0 Å². The lowest BCUT2D eigenvalue weighted by Gasteiger charge is -2.13. The Morgan fingerprint density at radius 2 is 2.33 bits per heavy atom. The van der Waals surface area contributed by atoms with Gasteiger partial charge >= 0.3 is 5.97 Å². The van der Waals surface area contributed by atoms with Crippen LogP contribution in [0.5, 0.6) is 0 Å². The minimum Gasteiger partial charge on any atom is -0.478 e. The standard InChI is InChI=1S/C12H13N3O2S/c1-7-6-18-11(14-7)8(2)15-10-9(12(16)17)4-3-5-13-10/h3-6,8H,1-2H3,(H,13,15)(H,16,17). The molecule has 0 aliphatic carbocycles. The summed E-state index contributed by atoms with van der Waals surface area (Å²) >= 11 is 1.54. The van der Waals surface area contributed by atoms with Crippen LogP contribution in [0.2, 0.25) is 0 Å². The third kappa shape index (κ3) is 2.65. The number of carboxylic acids is 1. The van der Waals surface area contributed by atoms with Gasteiger partial charge in [-0.2, -0.15) is 0 Å². The van der Waals surface area contributed by atoms with Gasteiger partial charge in [-0.25, -0.2) is 14.8 Å². The van der Waals surface area contributed by atoms with Gasteiger partial charge in [-0.3, -0.25) is 0 Å². The summed E-state index contributed by atoms with van der Waals surface area (Å²) in [4.78, 5) is 19.5. The smallest absolute Gasteiger partial charge is 0.339 e. The fourth-order valence-corrected chi connectivity index (χ4v) is 2.33. The zero-order valence-electron chi connectivity index (χ0n) is 10.0. The fraction of sp³-hybridized carbons (Fsp3) is 0.250. The quantitative estimate of drug-likeness (QED) is 0.887. The normalized spacial score (nSPS) is 12.1. The van der Waals surface area contributed by atoms with E-state index in [4.69, 9.17) is 5.11 Å². The molecule has 2 aromatic heterocycles. The number of thiazole rings is 1. The first-order chi connectivity index (χ1) is 8.58. The van der Waals surface area contributed by atoms with E-state index in [9.17, 15) is 4.79 Å². The molecular formula is C12H13N3O2S. The monoisotopic (exact) mass is 263 g/mol. The zero-order valence-corrected chi connectivity index (χ0v) is 10.9. The van der Waals surface area contributed by atoms with Gasteiger partial charge in [0.25, 0.3) is 0 Å². The largest absolute Gasteiger partial charge is 0.478 e. The number of rotatable bonds is 4. The summed E-state index contributed by atoms with van der Waals surface area (Å²) in [5.41, 5.74) is 1.13. The maximum Gasteiger partial charge on any atom is 0.339 e. The molecule has 0 aromatic carbocycles. The molecule has 2 rings (SSSR count). The molecule has 0 amide bonds. The van der Waals surface area contributed by atoms with Crippen molar-refractivity contribution in [2.75, 3.05) is 5.32 Å². The number of hydrogen-bond donors (Lipinski definition) is 2. The fourth-order valence-electron chi connectivity index (χ4n) is 1.53. The number of nitrogens with zero attached hydrogens (tertiary/aromatic N) is 2. The van der Waals surface area contributed by atoms with Gasteiger partial charge in [-0.05, 0) is 26.0 Å². The summed E-state index contributed by atoms with van der Waals surface area (Å²) < 4.78 is 0.